The zero-order valence-electron chi connectivity index (χ0n) is 13.1. The van der Waals surface area contributed by atoms with Crippen molar-refractivity contribution in [2.24, 2.45) is 0 Å². The van der Waals surface area contributed by atoms with E-state index in [1.807, 2.05) is 6.07 Å². The van der Waals surface area contributed by atoms with Crippen LogP contribution in [0.4, 0.5) is 14.5 Å². The maximum atomic E-state index is 13.3. The Morgan fingerprint density at radius 1 is 1.21 bits per heavy atom. The molecular weight excluding hydrogens is 316 g/mol. The molecule has 1 aromatic heterocycles. The summed E-state index contributed by atoms with van der Waals surface area (Å²) in [6.45, 7) is 1.70. The van der Waals surface area contributed by atoms with E-state index in [2.05, 4.69) is 10.3 Å². The molecule has 1 aromatic carbocycles. The Bertz CT molecular complexity index is 723. The summed E-state index contributed by atoms with van der Waals surface area (Å²) in [5, 5.41) is 2.71. The molecule has 7 heteroatoms. The van der Waals surface area contributed by atoms with Gasteiger partial charge in [-0.05, 0) is 23.8 Å². The Morgan fingerprint density at radius 2 is 2.00 bits per heavy atom. The molecule has 2 aromatic rings. The lowest BCUT2D eigenvalue weighted by atomic mass is 10.2. The average molecular weight is 333 g/mol. The van der Waals surface area contributed by atoms with Gasteiger partial charge in [-0.1, -0.05) is 6.07 Å². The number of amides is 2. The number of nitrogens with zero attached hydrogens (tertiary/aromatic N) is 2. The van der Waals surface area contributed by atoms with Gasteiger partial charge in [0.25, 0.3) is 0 Å². The molecule has 0 saturated carbocycles. The summed E-state index contributed by atoms with van der Waals surface area (Å²) in [4.78, 5) is 28.8. The minimum atomic E-state index is -1.04. The SMILES string of the molecule is CC(=O)N(CCC(=O)NCc1cccnc1)c1ccc(F)c(F)c1. The number of nitrogens with one attached hydrogen (secondary N) is 1. The van der Waals surface area contributed by atoms with E-state index in [0.29, 0.717) is 6.54 Å². The first-order chi connectivity index (χ1) is 11.5. The number of rotatable bonds is 6. The van der Waals surface area contributed by atoms with Crippen molar-refractivity contribution in [1.29, 1.82) is 0 Å². The van der Waals surface area contributed by atoms with E-state index in [9.17, 15) is 18.4 Å². The molecule has 0 aliphatic heterocycles. The Hall–Kier alpha value is -2.83. The summed E-state index contributed by atoms with van der Waals surface area (Å²) < 4.78 is 26.3. The second kappa shape index (κ2) is 8.14. The maximum absolute atomic E-state index is 13.3. The summed E-state index contributed by atoms with van der Waals surface area (Å²) in [6.07, 6.45) is 3.32. The molecule has 5 nitrogen and oxygen atoms in total. The molecule has 0 aliphatic rings. The van der Waals surface area contributed by atoms with Crippen LogP contribution in [0.2, 0.25) is 0 Å². The second-order valence-corrected chi connectivity index (χ2v) is 5.16. The van der Waals surface area contributed by atoms with Crippen molar-refractivity contribution in [3.63, 3.8) is 0 Å². The number of pyridine rings is 1. The first kappa shape index (κ1) is 17.5. The van der Waals surface area contributed by atoms with Crippen molar-refractivity contribution < 1.29 is 18.4 Å². The fourth-order valence-corrected chi connectivity index (χ4v) is 2.13. The van der Waals surface area contributed by atoms with E-state index in [-0.39, 0.29) is 30.5 Å². The molecule has 0 spiro atoms. The first-order valence-electron chi connectivity index (χ1n) is 7.36. The van der Waals surface area contributed by atoms with Crippen LogP contribution in [0.15, 0.2) is 42.7 Å². The highest BCUT2D eigenvalue weighted by Gasteiger charge is 2.15. The fourth-order valence-electron chi connectivity index (χ4n) is 2.13. The van der Waals surface area contributed by atoms with Crippen LogP contribution in [0, 0.1) is 11.6 Å². The molecule has 0 aliphatic carbocycles. The number of carbonyl (C=O) groups is 2. The fraction of sp³-hybridized carbons (Fsp3) is 0.235. The van der Waals surface area contributed by atoms with Gasteiger partial charge in [-0.25, -0.2) is 8.78 Å². The molecule has 0 unspecified atom stereocenters. The number of aromatic nitrogens is 1. The third kappa shape index (κ3) is 4.84. The van der Waals surface area contributed by atoms with Crippen molar-refractivity contribution in [3.05, 3.63) is 59.9 Å². The lowest BCUT2D eigenvalue weighted by Gasteiger charge is -2.21. The van der Waals surface area contributed by atoms with E-state index >= 15 is 0 Å². The number of anilines is 1. The van der Waals surface area contributed by atoms with E-state index in [4.69, 9.17) is 0 Å². The zero-order valence-corrected chi connectivity index (χ0v) is 13.1. The normalized spacial score (nSPS) is 10.3. The number of halogens is 2. The molecule has 0 saturated heterocycles. The predicted octanol–water partition coefficient (Wildman–Crippen LogP) is 2.42. The van der Waals surface area contributed by atoms with Gasteiger partial charge in [0, 0.05) is 50.6 Å². The third-order valence-electron chi connectivity index (χ3n) is 3.37. The van der Waals surface area contributed by atoms with Gasteiger partial charge in [-0.2, -0.15) is 0 Å². The van der Waals surface area contributed by atoms with Gasteiger partial charge >= 0.3 is 0 Å². The van der Waals surface area contributed by atoms with Gasteiger partial charge < -0.3 is 10.2 Å². The zero-order chi connectivity index (χ0) is 17.5. The van der Waals surface area contributed by atoms with Gasteiger partial charge in [0.05, 0.1) is 0 Å². The lowest BCUT2D eigenvalue weighted by Crippen LogP contribution is -2.33. The van der Waals surface area contributed by atoms with Crippen LogP contribution in [0.1, 0.15) is 18.9 Å². The summed E-state index contributed by atoms with van der Waals surface area (Å²) in [5.74, 6) is -2.65. The van der Waals surface area contributed by atoms with E-state index in [1.165, 1.54) is 17.9 Å². The van der Waals surface area contributed by atoms with Crippen molar-refractivity contribution in [2.45, 2.75) is 19.9 Å². The Morgan fingerprint density at radius 3 is 2.62 bits per heavy atom. The summed E-state index contributed by atoms with van der Waals surface area (Å²) in [5.41, 5.74) is 1.07. The molecule has 0 radical (unpaired) electrons. The van der Waals surface area contributed by atoms with Crippen molar-refractivity contribution in [1.82, 2.24) is 10.3 Å². The number of benzene rings is 1. The van der Waals surface area contributed by atoms with Gasteiger partial charge in [-0.3, -0.25) is 14.6 Å². The van der Waals surface area contributed by atoms with Gasteiger partial charge in [-0.15, -0.1) is 0 Å². The van der Waals surface area contributed by atoms with Crippen LogP contribution in [-0.2, 0) is 16.1 Å². The van der Waals surface area contributed by atoms with Crippen molar-refractivity contribution in [3.8, 4) is 0 Å². The molecular formula is C17H17F2N3O2. The van der Waals surface area contributed by atoms with Gasteiger partial charge in [0.2, 0.25) is 11.8 Å². The van der Waals surface area contributed by atoms with Crippen LogP contribution in [0.3, 0.4) is 0 Å². The molecule has 2 amide bonds. The molecule has 126 valence electrons. The minimum absolute atomic E-state index is 0.0405. The van der Waals surface area contributed by atoms with E-state index < -0.39 is 11.6 Å². The summed E-state index contributed by atoms with van der Waals surface area (Å²) in [6, 6.07) is 6.78. The Labute approximate surface area is 138 Å². The van der Waals surface area contributed by atoms with E-state index in [0.717, 1.165) is 17.7 Å². The van der Waals surface area contributed by atoms with Gasteiger partial charge in [0.15, 0.2) is 11.6 Å². The smallest absolute Gasteiger partial charge is 0.223 e. The number of hydrogen-bond acceptors (Lipinski definition) is 3. The van der Waals surface area contributed by atoms with Crippen molar-refractivity contribution in [2.75, 3.05) is 11.4 Å². The lowest BCUT2D eigenvalue weighted by molar-refractivity contribution is -0.121. The number of carbonyl (C=O) groups excluding carboxylic acids is 2. The second-order valence-electron chi connectivity index (χ2n) is 5.16. The average Bonchev–Trinajstić information content (AvgIpc) is 2.57. The van der Waals surface area contributed by atoms with E-state index in [1.54, 1.807) is 18.5 Å². The van der Waals surface area contributed by atoms with Crippen LogP contribution in [0.5, 0.6) is 0 Å². The van der Waals surface area contributed by atoms with Crippen LogP contribution in [0.25, 0.3) is 0 Å². The molecule has 0 fully saturated rings. The highest BCUT2D eigenvalue weighted by Crippen LogP contribution is 2.18. The highest BCUT2D eigenvalue weighted by molar-refractivity contribution is 5.92. The number of hydrogen-bond donors (Lipinski definition) is 1. The predicted molar refractivity (Wildman–Crippen MR) is 85.1 cm³/mol. The molecule has 0 bridgehead atoms. The third-order valence-corrected chi connectivity index (χ3v) is 3.37. The Kier molecular flexibility index (Phi) is 5.95. The van der Waals surface area contributed by atoms with Crippen LogP contribution in [-0.4, -0.2) is 23.3 Å². The molecule has 1 N–H and O–H groups in total. The molecule has 0 atom stereocenters. The quantitative estimate of drug-likeness (QED) is 0.883. The summed E-state index contributed by atoms with van der Waals surface area (Å²) >= 11 is 0. The molecule has 24 heavy (non-hydrogen) atoms. The Balaban J connectivity index is 1.92. The molecule has 2 rings (SSSR count). The standard InChI is InChI=1S/C17H17F2N3O2/c1-12(23)22(14-4-5-15(18)16(19)9-14)8-6-17(24)21-11-13-3-2-7-20-10-13/h2-5,7,9-10H,6,8,11H2,1H3,(H,21,24). The van der Waals surface area contributed by atoms with Crippen molar-refractivity contribution >= 4 is 17.5 Å². The highest BCUT2D eigenvalue weighted by atomic mass is 19.2. The first-order valence-corrected chi connectivity index (χ1v) is 7.36. The minimum Gasteiger partial charge on any atom is -0.352 e. The van der Waals surface area contributed by atoms with Crippen LogP contribution >= 0.6 is 0 Å². The monoisotopic (exact) mass is 333 g/mol. The topological polar surface area (TPSA) is 62.3 Å². The maximum Gasteiger partial charge on any atom is 0.223 e. The summed E-state index contributed by atoms with van der Waals surface area (Å²) in [7, 11) is 0. The molecule has 1 heterocycles. The largest absolute Gasteiger partial charge is 0.352 e. The van der Waals surface area contributed by atoms with Gasteiger partial charge in [0.1, 0.15) is 0 Å². The van der Waals surface area contributed by atoms with Crippen LogP contribution < -0.4 is 10.2 Å².